The fraction of sp³-hybridized carbons (Fsp3) is 0.550. The molecule has 1 amide bonds. The minimum Gasteiger partial charge on any atom is -0.493 e. The van der Waals surface area contributed by atoms with Gasteiger partial charge in [0.15, 0.2) is 11.5 Å². The van der Waals surface area contributed by atoms with Crippen LogP contribution in [0.4, 0.5) is 0 Å². The highest BCUT2D eigenvalue weighted by Gasteiger charge is 2.20. The van der Waals surface area contributed by atoms with Crippen molar-refractivity contribution in [1.82, 2.24) is 19.7 Å². The van der Waals surface area contributed by atoms with Crippen molar-refractivity contribution in [1.29, 1.82) is 0 Å². The smallest absolute Gasteiger partial charge is 0.346 e. The summed E-state index contributed by atoms with van der Waals surface area (Å²) in [5.74, 6) is 1.98. The maximum Gasteiger partial charge on any atom is 0.346 e. The molecule has 9 heteroatoms. The summed E-state index contributed by atoms with van der Waals surface area (Å²) in [5, 5.41) is 7.26. The van der Waals surface area contributed by atoms with E-state index in [2.05, 4.69) is 10.4 Å². The number of nitrogens with one attached hydrogen (secondary N) is 1. The van der Waals surface area contributed by atoms with Crippen molar-refractivity contribution >= 4 is 5.91 Å². The Morgan fingerprint density at radius 2 is 1.83 bits per heavy atom. The largest absolute Gasteiger partial charge is 0.493 e. The van der Waals surface area contributed by atoms with Crippen molar-refractivity contribution in [2.45, 2.75) is 51.7 Å². The predicted molar refractivity (Wildman–Crippen MR) is 107 cm³/mol. The molecule has 0 saturated carbocycles. The Hall–Kier alpha value is -2.97. The summed E-state index contributed by atoms with van der Waals surface area (Å²) in [6.07, 6.45) is 3.84. The predicted octanol–water partition coefficient (Wildman–Crippen LogP) is 1.67. The van der Waals surface area contributed by atoms with Crippen LogP contribution in [0.25, 0.3) is 0 Å². The molecule has 0 spiro atoms. The zero-order valence-corrected chi connectivity index (χ0v) is 17.4. The Morgan fingerprint density at radius 1 is 1.14 bits per heavy atom. The second-order valence-electron chi connectivity index (χ2n) is 7.07. The second kappa shape index (κ2) is 9.02. The molecule has 0 aliphatic carbocycles. The lowest BCUT2D eigenvalue weighted by Crippen LogP contribution is -2.35. The van der Waals surface area contributed by atoms with Crippen LogP contribution in [0.2, 0.25) is 0 Å². The molecule has 2 aromatic rings. The lowest BCUT2D eigenvalue weighted by molar-refractivity contribution is -0.122. The first-order valence-corrected chi connectivity index (χ1v) is 9.74. The van der Waals surface area contributed by atoms with Gasteiger partial charge in [-0.05, 0) is 37.5 Å². The second-order valence-corrected chi connectivity index (χ2v) is 7.07. The van der Waals surface area contributed by atoms with Crippen LogP contribution in [0.1, 0.15) is 43.6 Å². The highest BCUT2D eigenvalue weighted by atomic mass is 16.5. The van der Waals surface area contributed by atoms with E-state index in [1.54, 1.807) is 30.9 Å². The van der Waals surface area contributed by atoms with Crippen LogP contribution in [0.5, 0.6) is 17.2 Å². The maximum absolute atomic E-state index is 12.6. The van der Waals surface area contributed by atoms with Gasteiger partial charge in [0.05, 0.1) is 27.4 Å². The number of nitrogens with zero attached hydrogens (tertiary/aromatic N) is 3. The van der Waals surface area contributed by atoms with Crippen LogP contribution in [0, 0.1) is 0 Å². The summed E-state index contributed by atoms with van der Waals surface area (Å²) >= 11 is 0. The Morgan fingerprint density at radius 3 is 2.45 bits per heavy atom. The molecule has 1 N–H and O–H groups in total. The van der Waals surface area contributed by atoms with Gasteiger partial charge in [-0.25, -0.2) is 9.48 Å². The van der Waals surface area contributed by atoms with E-state index in [0.29, 0.717) is 23.8 Å². The zero-order chi connectivity index (χ0) is 21.0. The molecule has 1 aromatic carbocycles. The first kappa shape index (κ1) is 20.8. The van der Waals surface area contributed by atoms with Crippen LogP contribution in [0.15, 0.2) is 16.9 Å². The standard InChI is InChI=1S/C20H28N4O5/c1-13(14-10-15(27-2)19(29-4)16(11-14)28-3)21-18(25)12-24-20(26)23-9-7-5-6-8-17(23)22-24/h10-11,13H,5-9,12H2,1-4H3,(H,21,25). The van der Waals surface area contributed by atoms with Crippen molar-refractivity contribution in [2.24, 2.45) is 0 Å². The van der Waals surface area contributed by atoms with Gasteiger partial charge in [0.2, 0.25) is 11.7 Å². The molecule has 0 radical (unpaired) electrons. The molecule has 1 aromatic heterocycles. The summed E-state index contributed by atoms with van der Waals surface area (Å²) in [4.78, 5) is 25.1. The molecule has 29 heavy (non-hydrogen) atoms. The third-order valence-corrected chi connectivity index (χ3v) is 5.14. The molecular weight excluding hydrogens is 376 g/mol. The summed E-state index contributed by atoms with van der Waals surface area (Å²) in [7, 11) is 4.62. The van der Waals surface area contributed by atoms with Gasteiger partial charge in [0.25, 0.3) is 0 Å². The molecule has 9 nitrogen and oxygen atoms in total. The fourth-order valence-corrected chi connectivity index (χ4v) is 3.59. The van der Waals surface area contributed by atoms with Gasteiger partial charge >= 0.3 is 5.69 Å². The first-order chi connectivity index (χ1) is 14.0. The topological polar surface area (TPSA) is 96.6 Å². The first-order valence-electron chi connectivity index (χ1n) is 9.74. The van der Waals surface area contributed by atoms with Crippen LogP contribution in [-0.4, -0.2) is 41.6 Å². The number of aromatic nitrogens is 3. The van der Waals surface area contributed by atoms with Gasteiger partial charge in [0, 0.05) is 13.0 Å². The van der Waals surface area contributed by atoms with Crippen LogP contribution in [0.3, 0.4) is 0 Å². The van der Waals surface area contributed by atoms with Crippen molar-refractivity contribution in [2.75, 3.05) is 21.3 Å². The summed E-state index contributed by atoms with van der Waals surface area (Å²) < 4.78 is 19.0. The number of aryl methyl sites for hydroxylation is 1. The van der Waals surface area contributed by atoms with E-state index in [1.165, 1.54) is 11.8 Å². The summed E-state index contributed by atoms with van der Waals surface area (Å²) in [6, 6.07) is 3.25. The maximum atomic E-state index is 12.6. The number of hydrogen-bond donors (Lipinski definition) is 1. The average molecular weight is 404 g/mol. The van der Waals surface area contributed by atoms with Gasteiger partial charge in [0.1, 0.15) is 12.4 Å². The quantitative estimate of drug-likeness (QED) is 0.754. The minimum absolute atomic E-state index is 0.117. The van der Waals surface area contributed by atoms with Crippen molar-refractivity contribution in [3.63, 3.8) is 0 Å². The van der Waals surface area contributed by atoms with E-state index >= 15 is 0 Å². The van der Waals surface area contributed by atoms with E-state index in [0.717, 1.165) is 37.1 Å². The van der Waals surface area contributed by atoms with E-state index in [4.69, 9.17) is 14.2 Å². The number of benzene rings is 1. The van der Waals surface area contributed by atoms with E-state index in [9.17, 15) is 9.59 Å². The molecule has 3 rings (SSSR count). The molecule has 1 aliphatic rings. The van der Waals surface area contributed by atoms with Crippen LogP contribution >= 0.6 is 0 Å². The molecule has 2 heterocycles. The Kier molecular flexibility index (Phi) is 6.46. The monoisotopic (exact) mass is 404 g/mol. The highest BCUT2D eigenvalue weighted by Crippen LogP contribution is 2.39. The van der Waals surface area contributed by atoms with E-state index in [1.807, 2.05) is 6.92 Å². The number of methoxy groups -OCH3 is 3. The van der Waals surface area contributed by atoms with Gasteiger partial charge in [-0.15, -0.1) is 0 Å². The highest BCUT2D eigenvalue weighted by molar-refractivity contribution is 5.76. The molecule has 1 unspecified atom stereocenters. The van der Waals surface area contributed by atoms with Crippen molar-refractivity contribution < 1.29 is 19.0 Å². The third-order valence-electron chi connectivity index (χ3n) is 5.14. The molecule has 0 bridgehead atoms. The summed E-state index contributed by atoms with van der Waals surface area (Å²) in [6.45, 7) is 2.40. The summed E-state index contributed by atoms with van der Waals surface area (Å²) in [5.41, 5.74) is 0.568. The minimum atomic E-state index is -0.327. The molecular formula is C20H28N4O5. The SMILES string of the molecule is COc1cc(C(C)NC(=O)Cn2nc3n(c2=O)CCCCC3)cc(OC)c1OC. The van der Waals surface area contributed by atoms with Crippen molar-refractivity contribution in [3.8, 4) is 17.2 Å². The lowest BCUT2D eigenvalue weighted by atomic mass is 10.1. The molecule has 1 aliphatic heterocycles. The Labute approximate surface area is 169 Å². The third kappa shape index (κ3) is 4.38. The normalized spacial score (nSPS) is 14.5. The molecule has 0 fully saturated rings. The zero-order valence-electron chi connectivity index (χ0n) is 17.4. The number of carbonyl (C=O) groups is 1. The van der Waals surface area contributed by atoms with Crippen LogP contribution in [-0.2, 0) is 24.3 Å². The van der Waals surface area contributed by atoms with E-state index in [-0.39, 0.29) is 24.2 Å². The van der Waals surface area contributed by atoms with Gasteiger partial charge in [-0.2, -0.15) is 5.10 Å². The fourth-order valence-electron chi connectivity index (χ4n) is 3.59. The van der Waals surface area contributed by atoms with E-state index < -0.39 is 0 Å². The van der Waals surface area contributed by atoms with Gasteiger partial charge in [-0.3, -0.25) is 9.36 Å². The number of hydrogen-bond acceptors (Lipinski definition) is 6. The number of fused-ring (bicyclic) bond motifs is 1. The average Bonchev–Trinajstić information content (AvgIpc) is 2.88. The lowest BCUT2D eigenvalue weighted by Gasteiger charge is -2.18. The Bertz CT molecular complexity index is 908. The van der Waals surface area contributed by atoms with Crippen LogP contribution < -0.4 is 25.2 Å². The number of carbonyl (C=O) groups excluding carboxylic acids is 1. The molecule has 1 atom stereocenters. The number of ether oxygens (including phenoxy) is 3. The molecule has 158 valence electrons. The van der Waals surface area contributed by atoms with Crippen molar-refractivity contribution in [3.05, 3.63) is 34.0 Å². The van der Waals surface area contributed by atoms with Gasteiger partial charge < -0.3 is 19.5 Å². The number of rotatable bonds is 7. The Balaban J connectivity index is 1.74. The molecule has 0 saturated heterocycles. The van der Waals surface area contributed by atoms with Gasteiger partial charge in [-0.1, -0.05) is 6.42 Å². The number of amides is 1.